The molecule has 1 unspecified atom stereocenters. The van der Waals surface area contributed by atoms with Crippen LogP contribution in [0.5, 0.6) is 0 Å². The van der Waals surface area contributed by atoms with E-state index in [1.807, 2.05) is 4.90 Å². The lowest BCUT2D eigenvalue weighted by atomic mass is 9.48. The molecule has 4 saturated carbocycles. The summed E-state index contributed by atoms with van der Waals surface area (Å²) >= 11 is 0. The fourth-order valence-corrected chi connectivity index (χ4v) is 6.73. The van der Waals surface area contributed by atoms with Crippen LogP contribution in [0, 0.1) is 40.4 Å². The predicted octanol–water partition coefficient (Wildman–Crippen LogP) is 2.91. The third-order valence-corrected chi connectivity index (χ3v) is 7.91. The molecule has 2 N–H and O–H groups in total. The Kier molecular flexibility index (Phi) is 5.11. The number of nitrogens with one attached hydrogen (secondary N) is 1. The second-order valence-corrected chi connectivity index (χ2v) is 9.78. The van der Waals surface area contributed by atoms with Crippen LogP contribution in [0.25, 0.3) is 0 Å². The molecule has 5 fully saturated rings. The highest BCUT2D eigenvalue weighted by molar-refractivity contribution is 5.97. The summed E-state index contributed by atoms with van der Waals surface area (Å²) < 4.78 is 0. The molecule has 1 heterocycles. The number of carboxylic acids is 1. The highest BCUT2D eigenvalue weighted by Gasteiger charge is 2.53. The van der Waals surface area contributed by atoms with Crippen LogP contribution in [-0.2, 0) is 9.59 Å². The number of rotatable bonds is 5. The first-order valence-electron chi connectivity index (χ1n) is 10.8. The lowest BCUT2D eigenvalue weighted by molar-refractivity contribution is -0.143. The third-order valence-electron chi connectivity index (χ3n) is 7.91. The van der Waals surface area contributed by atoms with Gasteiger partial charge in [-0.2, -0.15) is 5.26 Å². The first-order valence-corrected chi connectivity index (χ1v) is 10.8. The van der Waals surface area contributed by atoms with Crippen LogP contribution in [0.2, 0.25) is 0 Å². The number of piperidine rings is 1. The molecule has 0 spiro atoms. The Morgan fingerprint density at radius 3 is 2.14 bits per heavy atom. The molecule has 1 atom stereocenters. The summed E-state index contributed by atoms with van der Waals surface area (Å²) in [6.07, 6.45) is 10.5. The molecule has 4 aliphatic carbocycles. The molecule has 1 saturated heterocycles. The van der Waals surface area contributed by atoms with E-state index in [1.165, 1.54) is 38.5 Å². The Bertz CT molecular complexity index is 680. The number of hydrogen-bond acceptors (Lipinski definition) is 4. The highest BCUT2D eigenvalue weighted by atomic mass is 16.4. The lowest BCUT2D eigenvalue weighted by Gasteiger charge is -2.59. The van der Waals surface area contributed by atoms with Crippen LogP contribution in [0.1, 0.15) is 58.3 Å². The number of amides is 1. The van der Waals surface area contributed by atoms with E-state index in [-0.39, 0.29) is 28.9 Å². The van der Waals surface area contributed by atoms with Gasteiger partial charge >= 0.3 is 5.97 Å². The van der Waals surface area contributed by atoms with Gasteiger partial charge in [-0.3, -0.25) is 9.59 Å². The molecule has 5 aliphatic rings. The zero-order valence-electron chi connectivity index (χ0n) is 16.7. The zero-order chi connectivity index (χ0) is 19.9. The lowest BCUT2D eigenvalue weighted by Crippen LogP contribution is -2.56. The maximum atomic E-state index is 12.8. The van der Waals surface area contributed by atoms with E-state index in [0.717, 1.165) is 17.8 Å². The van der Waals surface area contributed by atoms with E-state index in [1.54, 1.807) is 6.20 Å². The molecular weight excluding hydrogens is 354 g/mol. The molecule has 28 heavy (non-hydrogen) atoms. The van der Waals surface area contributed by atoms with E-state index >= 15 is 0 Å². The number of carbonyl (C=O) groups excluding carboxylic acids is 1. The van der Waals surface area contributed by atoms with E-state index in [2.05, 4.69) is 18.3 Å². The number of hydrogen-bond donors (Lipinski definition) is 2. The highest BCUT2D eigenvalue weighted by Crippen LogP contribution is 2.61. The molecule has 0 radical (unpaired) electrons. The Labute approximate surface area is 167 Å². The summed E-state index contributed by atoms with van der Waals surface area (Å²) in [6, 6.07) is 2.14. The summed E-state index contributed by atoms with van der Waals surface area (Å²) in [6.45, 7) is 3.26. The zero-order valence-corrected chi connectivity index (χ0v) is 16.7. The monoisotopic (exact) mass is 385 g/mol. The first-order chi connectivity index (χ1) is 13.4. The largest absolute Gasteiger partial charge is 0.481 e. The molecule has 0 aromatic heterocycles. The van der Waals surface area contributed by atoms with Crippen molar-refractivity contribution in [2.75, 3.05) is 13.1 Å². The second-order valence-electron chi connectivity index (χ2n) is 9.78. The number of nitriles is 1. The second kappa shape index (κ2) is 7.42. The topological polar surface area (TPSA) is 93.4 Å². The fourth-order valence-electron chi connectivity index (χ4n) is 6.73. The molecule has 1 amide bonds. The van der Waals surface area contributed by atoms with Crippen LogP contribution in [0.4, 0.5) is 0 Å². The summed E-state index contributed by atoms with van der Waals surface area (Å²) in [5.74, 6) is 1.11. The SMILES string of the molecule is CC(NC(=O)/C(C#N)=C\N1CCC(C(=O)O)CC1)C12CC3CC(CC(C3)C1)C2. The predicted molar refractivity (Wildman–Crippen MR) is 104 cm³/mol. The average molecular weight is 386 g/mol. The summed E-state index contributed by atoms with van der Waals surface area (Å²) in [7, 11) is 0. The summed E-state index contributed by atoms with van der Waals surface area (Å²) in [4.78, 5) is 25.8. The minimum Gasteiger partial charge on any atom is -0.481 e. The van der Waals surface area contributed by atoms with Crippen LogP contribution in [0.3, 0.4) is 0 Å². The summed E-state index contributed by atoms with van der Waals surface area (Å²) in [5.41, 5.74) is 0.343. The molecule has 152 valence electrons. The number of carboxylic acid groups (broad SMARTS) is 1. The minimum atomic E-state index is -0.758. The van der Waals surface area contributed by atoms with Gasteiger partial charge in [-0.15, -0.1) is 0 Å². The number of carbonyl (C=O) groups is 2. The van der Waals surface area contributed by atoms with Crippen molar-refractivity contribution < 1.29 is 14.7 Å². The fraction of sp³-hybridized carbons (Fsp3) is 0.773. The molecule has 1 aliphatic heterocycles. The van der Waals surface area contributed by atoms with E-state index in [4.69, 9.17) is 5.11 Å². The van der Waals surface area contributed by atoms with Gasteiger partial charge in [0.05, 0.1) is 5.92 Å². The number of nitrogens with zero attached hydrogens (tertiary/aromatic N) is 2. The van der Waals surface area contributed by atoms with Gasteiger partial charge in [-0.25, -0.2) is 0 Å². The van der Waals surface area contributed by atoms with E-state index in [0.29, 0.717) is 25.9 Å². The summed E-state index contributed by atoms with van der Waals surface area (Å²) in [5, 5.41) is 21.8. The molecule has 4 bridgehead atoms. The Morgan fingerprint density at radius 1 is 1.14 bits per heavy atom. The van der Waals surface area contributed by atoms with Crippen molar-refractivity contribution in [2.24, 2.45) is 29.1 Å². The number of aliphatic carboxylic acids is 1. The Balaban J connectivity index is 1.38. The Hall–Kier alpha value is -2.03. The van der Waals surface area contributed by atoms with Crippen molar-refractivity contribution in [1.82, 2.24) is 10.2 Å². The average Bonchev–Trinajstić information content (AvgIpc) is 2.65. The van der Waals surface area contributed by atoms with Gasteiger partial charge in [0.25, 0.3) is 5.91 Å². The quantitative estimate of drug-likeness (QED) is 0.561. The van der Waals surface area contributed by atoms with Gasteiger partial charge in [0.1, 0.15) is 11.6 Å². The third kappa shape index (κ3) is 3.64. The molecule has 5 rings (SSSR count). The van der Waals surface area contributed by atoms with Crippen LogP contribution in [0.15, 0.2) is 11.8 Å². The normalized spacial score (nSPS) is 36.1. The van der Waals surface area contributed by atoms with Crippen LogP contribution < -0.4 is 5.32 Å². The van der Waals surface area contributed by atoms with Gasteiger partial charge < -0.3 is 15.3 Å². The minimum absolute atomic E-state index is 0.0860. The number of likely N-dealkylation sites (tertiary alicyclic amines) is 1. The van der Waals surface area contributed by atoms with E-state index < -0.39 is 5.97 Å². The molecule has 6 heteroatoms. The Morgan fingerprint density at radius 2 is 1.68 bits per heavy atom. The van der Waals surface area contributed by atoms with Crippen LogP contribution >= 0.6 is 0 Å². The maximum Gasteiger partial charge on any atom is 0.306 e. The van der Waals surface area contributed by atoms with Gasteiger partial charge in [0.2, 0.25) is 0 Å². The van der Waals surface area contributed by atoms with Crippen molar-refractivity contribution in [3.63, 3.8) is 0 Å². The standard InChI is InChI=1S/C22H31N3O3/c1-14(22-9-15-6-16(10-22)8-17(7-15)11-22)24-20(26)19(12-23)13-25-4-2-18(3-5-25)21(27)28/h13-18H,2-11H2,1H3,(H,24,26)(H,27,28)/b19-13-. The molecular formula is C22H31N3O3. The molecule has 0 aromatic rings. The van der Waals surface area contributed by atoms with Crippen molar-refractivity contribution in [1.29, 1.82) is 5.26 Å². The van der Waals surface area contributed by atoms with Crippen molar-refractivity contribution in [3.05, 3.63) is 11.8 Å². The van der Waals surface area contributed by atoms with Gasteiger partial charge in [0.15, 0.2) is 0 Å². The van der Waals surface area contributed by atoms with E-state index in [9.17, 15) is 14.9 Å². The molecule has 6 nitrogen and oxygen atoms in total. The van der Waals surface area contributed by atoms with Gasteiger partial charge in [0, 0.05) is 25.3 Å². The van der Waals surface area contributed by atoms with Crippen LogP contribution in [-0.4, -0.2) is 41.0 Å². The van der Waals surface area contributed by atoms with Crippen molar-refractivity contribution in [2.45, 2.75) is 64.3 Å². The maximum absolute atomic E-state index is 12.8. The smallest absolute Gasteiger partial charge is 0.306 e. The molecule has 0 aromatic carbocycles. The van der Waals surface area contributed by atoms with Gasteiger partial charge in [-0.05, 0) is 81.5 Å². The van der Waals surface area contributed by atoms with Crippen molar-refractivity contribution >= 4 is 11.9 Å². The van der Waals surface area contributed by atoms with Crippen molar-refractivity contribution in [3.8, 4) is 6.07 Å². The van der Waals surface area contributed by atoms with Gasteiger partial charge in [-0.1, -0.05) is 0 Å². The first kappa shape index (κ1) is 19.3.